The van der Waals surface area contributed by atoms with E-state index in [0.717, 1.165) is 18.5 Å². The van der Waals surface area contributed by atoms with Crippen LogP contribution in [0, 0.1) is 45.4 Å². The van der Waals surface area contributed by atoms with Crippen molar-refractivity contribution in [2.75, 3.05) is 0 Å². The Morgan fingerprint density at radius 3 is 1.19 bits per heavy atom. The number of halogens is 4. The standard InChI is InChI=1S/C10H8N2.2C7H4I2O2.2O.U/c1-3-7-11-9(5-1)10-6-2-4-8-12-10;2*8-4-1-2-6(9)5(3-4)7(10)11;;;/h1-8H;2*1-3H,(H,10,11);;;/q;;;2*-2;/p-2. The number of carbonyl (C=O) groups excluding carboxylic acids is 2. The van der Waals surface area contributed by atoms with E-state index in [1.165, 1.54) is 0 Å². The summed E-state index contributed by atoms with van der Waals surface area (Å²) in [5, 5.41) is 20.9. The number of aromatic nitrogens is 2. The summed E-state index contributed by atoms with van der Waals surface area (Å²) in [4.78, 5) is 29.3. The van der Waals surface area contributed by atoms with Gasteiger partial charge in [0.1, 0.15) is 0 Å². The molecule has 2 aromatic heterocycles. The predicted molar refractivity (Wildman–Crippen MR) is 161 cm³/mol. The van der Waals surface area contributed by atoms with Crippen molar-refractivity contribution < 1.29 is 61.9 Å². The molecule has 4 aromatic rings. The van der Waals surface area contributed by atoms with E-state index in [1.807, 2.05) is 93.7 Å². The number of pyridine rings is 2. The van der Waals surface area contributed by atoms with Crippen LogP contribution < -0.4 is 10.2 Å². The fourth-order valence-corrected chi connectivity index (χ4v) is 4.43. The molecule has 0 saturated carbocycles. The Kier molecular flexibility index (Phi) is 21.4. The second-order valence-corrected chi connectivity index (χ2v) is 11.1. The molecule has 0 saturated heterocycles. The molecule has 0 atom stereocenters. The third-order valence-electron chi connectivity index (χ3n) is 3.89. The Morgan fingerprint density at radius 2 is 0.946 bits per heavy atom. The number of benzene rings is 2. The molecule has 0 aliphatic heterocycles. The second-order valence-electron chi connectivity index (χ2n) is 6.25. The normalized spacial score (nSPS) is 8.86. The summed E-state index contributed by atoms with van der Waals surface area (Å²) in [6.45, 7) is 0. The summed E-state index contributed by atoms with van der Waals surface area (Å²) in [5.41, 5.74) is 2.35. The Balaban J connectivity index is 0. The maximum absolute atomic E-state index is 10.5. The summed E-state index contributed by atoms with van der Waals surface area (Å²) < 4.78 is 3.23. The van der Waals surface area contributed by atoms with Gasteiger partial charge in [0.25, 0.3) is 0 Å². The van der Waals surface area contributed by atoms with Crippen molar-refractivity contribution >= 4 is 102 Å². The first-order chi connectivity index (χ1) is 16.2. The smallest absolute Gasteiger partial charge is 0.0886 e. The van der Waals surface area contributed by atoms with Crippen LogP contribution in [0.5, 0.6) is 0 Å². The van der Waals surface area contributed by atoms with Gasteiger partial charge < -0.3 is 30.8 Å². The van der Waals surface area contributed by atoms with Gasteiger partial charge in [-0.2, -0.15) is 0 Å². The Hall–Kier alpha value is -0.428. The number of hydrogen-bond acceptors (Lipinski definition) is 6. The third kappa shape index (κ3) is 14.0. The first kappa shape index (κ1) is 38.7. The fraction of sp³-hybridized carbons (Fsp3) is 0. The van der Waals surface area contributed by atoms with Crippen LogP contribution >= 0.6 is 90.4 Å². The zero-order valence-electron chi connectivity index (χ0n) is 18.4. The van der Waals surface area contributed by atoms with Crippen molar-refractivity contribution in [3.8, 4) is 11.4 Å². The molecular formula is C24H14I4N2O6U-6. The SMILES string of the molecule is O=C([O-])c1cc(I)ccc1I.O=C([O-])c1cc(I)ccc1I.[O-2].[O-2].[U].c1ccc(-c2ccccn2)nc1. The fourth-order valence-electron chi connectivity index (χ4n) is 2.34. The van der Waals surface area contributed by atoms with Gasteiger partial charge in [-0.05, 0) is 151 Å². The largest absolute Gasteiger partial charge is 2.00 e. The summed E-state index contributed by atoms with van der Waals surface area (Å²) in [6.07, 6.45) is 3.54. The number of nitrogens with zero attached hydrogens (tertiary/aromatic N) is 2. The molecule has 194 valence electrons. The van der Waals surface area contributed by atoms with Gasteiger partial charge in [-0.3, -0.25) is 9.97 Å². The van der Waals surface area contributed by atoms with Crippen LogP contribution in [0.2, 0.25) is 0 Å². The molecule has 0 aliphatic rings. The molecule has 0 bridgehead atoms. The topological polar surface area (TPSA) is 163 Å². The van der Waals surface area contributed by atoms with Crippen molar-refractivity contribution in [1.29, 1.82) is 0 Å². The average Bonchev–Trinajstić information content (AvgIpc) is 2.84. The summed E-state index contributed by atoms with van der Waals surface area (Å²) >= 11 is 8.06. The van der Waals surface area contributed by atoms with Gasteiger partial charge in [-0.15, -0.1) is 0 Å². The first-order valence-electron chi connectivity index (χ1n) is 9.34. The molecule has 0 aliphatic carbocycles. The minimum atomic E-state index is -1.12. The minimum Gasteiger partial charge on any atom is -2.00 e. The van der Waals surface area contributed by atoms with Crippen LogP contribution in [0.4, 0.5) is 0 Å². The van der Waals surface area contributed by atoms with E-state index >= 15 is 0 Å². The molecule has 37 heavy (non-hydrogen) atoms. The molecule has 2 heterocycles. The number of carboxylic acid groups (broad SMARTS) is 2. The maximum Gasteiger partial charge on any atom is 0.0886 e. The van der Waals surface area contributed by atoms with Gasteiger partial charge in [0.2, 0.25) is 0 Å². The van der Waals surface area contributed by atoms with Gasteiger partial charge in [-0.25, -0.2) is 0 Å². The number of hydrogen-bond donors (Lipinski definition) is 0. The van der Waals surface area contributed by atoms with Gasteiger partial charge >= 0.3 is 0 Å². The van der Waals surface area contributed by atoms with Crippen LogP contribution in [0.1, 0.15) is 20.7 Å². The molecular weight excluding hydrogens is 1160 g/mol. The maximum atomic E-state index is 10.5. The number of aromatic carboxylic acids is 2. The van der Waals surface area contributed by atoms with E-state index in [2.05, 4.69) is 55.1 Å². The van der Waals surface area contributed by atoms with Gasteiger partial charge in [0, 0.05) is 68.9 Å². The van der Waals surface area contributed by atoms with E-state index in [9.17, 15) is 19.8 Å². The van der Waals surface area contributed by atoms with E-state index in [-0.39, 0.29) is 53.2 Å². The van der Waals surface area contributed by atoms with E-state index in [0.29, 0.717) is 7.14 Å². The van der Waals surface area contributed by atoms with Crippen LogP contribution in [0.3, 0.4) is 0 Å². The number of carboxylic acids is 2. The molecule has 0 fully saturated rings. The Bertz CT molecular complexity index is 1170. The van der Waals surface area contributed by atoms with Crippen LogP contribution in [0.15, 0.2) is 85.2 Å². The van der Waals surface area contributed by atoms with Crippen LogP contribution in [0.25, 0.3) is 11.4 Å². The minimum absolute atomic E-state index is 0. The summed E-state index contributed by atoms with van der Waals surface area (Å²) in [5.74, 6) is -2.24. The molecule has 0 radical (unpaired) electrons. The van der Waals surface area contributed by atoms with Crippen molar-refractivity contribution in [3.63, 3.8) is 0 Å². The molecule has 13 heteroatoms. The Morgan fingerprint density at radius 1 is 0.595 bits per heavy atom. The van der Waals surface area contributed by atoms with Gasteiger partial charge in [0.15, 0.2) is 0 Å². The third-order valence-corrected chi connectivity index (χ3v) is 7.11. The van der Waals surface area contributed by atoms with E-state index in [4.69, 9.17) is 0 Å². The van der Waals surface area contributed by atoms with Crippen LogP contribution in [-0.4, -0.2) is 21.9 Å². The van der Waals surface area contributed by atoms with Gasteiger partial charge in [0.05, 0.1) is 23.3 Å². The Labute approximate surface area is 292 Å². The monoisotopic (exact) mass is 1170 g/mol. The molecule has 0 amide bonds. The van der Waals surface area contributed by atoms with E-state index < -0.39 is 11.9 Å². The molecule has 0 spiro atoms. The number of carbonyl (C=O) groups is 2. The number of rotatable bonds is 3. The van der Waals surface area contributed by atoms with Crippen molar-refractivity contribution in [3.05, 3.63) is 111 Å². The predicted octanol–water partition coefficient (Wildman–Crippen LogP) is 4.42. The van der Waals surface area contributed by atoms with Crippen LogP contribution in [-0.2, 0) is 11.0 Å². The van der Waals surface area contributed by atoms with Gasteiger partial charge in [-0.1, -0.05) is 12.1 Å². The zero-order chi connectivity index (χ0) is 25.1. The van der Waals surface area contributed by atoms with Crippen molar-refractivity contribution in [1.82, 2.24) is 9.97 Å². The quantitative estimate of drug-likeness (QED) is 0.276. The summed E-state index contributed by atoms with van der Waals surface area (Å²) in [7, 11) is 0. The molecule has 0 N–H and O–H groups in total. The zero-order valence-corrected chi connectivity index (χ0v) is 31.2. The summed E-state index contributed by atoms with van der Waals surface area (Å²) in [6, 6.07) is 22.0. The molecule has 4 rings (SSSR count). The van der Waals surface area contributed by atoms with Crippen molar-refractivity contribution in [2.24, 2.45) is 0 Å². The molecule has 0 unspecified atom stereocenters. The second kappa shape index (κ2) is 20.5. The van der Waals surface area contributed by atoms with Crippen molar-refractivity contribution in [2.45, 2.75) is 0 Å². The molecule has 2 aromatic carbocycles. The van der Waals surface area contributed by atoms with E-state index in [1.54, 1.807) is 36.7 Å². The first-order valence-corrected chi connectivity index (χ1v) is 13.7. The molecule has 8 nitrogen and oxygen atoms in total. The average molecular weight is 1170 g/mol.